The fourth-order valence-electron chi connectivity index (χ4n) is 4.72. The van der Waals surface area contributed by atoms with Crippen molar-refractivity contribution in [3.63, 3.8) is 0 Å². The molecule has 2 aromatic heterocycles. The van der Waals surface area contributed by atoms with Crippen molar-refractivity contribution in [1.29, 1.82) is 0 Å². The molecule has 38 heavy (non-hydrogen) atoms. The van der Waals surface area contributed by atoms with Crippen LogP contribution in [0.2, 0.25) is 0 Å². The van der Waals surface area contributed by atoms with Crippen LogP contribution >= 0.6 is 0 Å². The molecule has 0 fully saturated rings. The Morgan fingerprint density at radius 3 is 2.68 bits per heavy atom. The van der Waals surface area contributed by atoms with E-state index in [9.17, 15) is 4.79 Å². The number of aryl methyl sites for hydroxylation is 1. The SMILES string of the molecule is C=CCNC(=O)c1cnc(Nc2ccc3c(c2)CCC(CN(C)C)C3)nc1Nc1cccc(C(C)(C)C)n1. The first kappa shape index (κ1) is 27.3. The van der Waals surface area contributed by atoms with Gasteiger partial charge in [0, 0.05) is 36.1 Å². The average Bonchev–Trinajstić information content (AvgIpc) is 2.87. The molecule has 0 bridgehead atoms. The Balaban J connectivity index is 1.58. The molecule has 4 rings (SSSR count). The number of nitrogens with one attached hydrogen (secondary N) is 3. The summed E-state index contributed by atoms with van der Waals surface area (Å²) >= 11 is 0. The Morgan fingerprint density at radius 2 is 1.95 bits per heavy atom. The number of hydrogen-bond donors (Lipinski definition) is 3. The summed E-state index contributed by atoms with van der Waals surface area (Å²) in [7, 11) is 4.27. The first-order valence-electron chi connectivity index (χ1n) is 13.2. The normalized spacial score (nSPS) is 15.1. The van der Waals surface area contributed by atoms with Crippen molar-refractivity contribution in [2.75, 3.05) is 37.8 Å². The number of hydrogen-bond acceptors (Lipinski definition) is 7. The second-order valence-electron chi connectivity index (χ2n) is 11.2. The van der Waals surface area contributed by atoms with Crippen molar-refractivity contribution in [2.24, 2.45) is 5.92 Å². The average molecular weight is 514 g/mol. The monoisotopic (exact) mass is 513 g/mol. The van der Waals surface area contributed by atoms with E-state index in [0.717, 1.165) is 30.8 Å². The lowest BCUT2D eigenvalue weighted by atomic mass is 9.83. The van der Waals surface area contributed by atoms with Crippen LogP contribution in [-0.2, 0) is 18.3 Å². The van der Waals surface area contributed by atoms with Gasteiger partial charge in [-0.15, -0.1) is 6.58 Å². The van der Waals surface area contributed by atoms with Crippen molar-refractivity contribution >= 4 is 29.2 Å². The molecule has 0 saturated heterocycles. The maximum absolute atomic E-state index is 12.8. The van der Waals surface area contributed by atoms with Crippen molar-refractivity contribution in [3.8, 4) is 0 Å². The van der Waals surface area contributed by atoms with Gasteiger partial charge in [0.15, 0.2) is 0 Å². The van der Waals surface area contributed by atoms with Gasteiger partial charge in [0.2, 0.25) is 5.95 Å². The topological polar surface area (TPSA) is 95.1 Å². The third kappa shape index (κ3) is 6.95. The standard InChI is InChI=1S/C30H39N7O/c1-7-15-31-28(38)24-18-32-29(36-27(24)35-26-10-8-9-25(34-26)30(2,3)4)33-23-14-13-21-16-20(19-37(5)6)11-12-22(21)17-23/h7-10,13-14,17-18,20H,1,11-12,15-16,19H2,2-6H3,(H,31,38)(H2,32,33,34,35,36). The molecule has 1 aromatic carbocycles. The van der Waals surface area contributed by atoms with E-state index in [2.05, 4.69) is 90.5 Å². The molecule has 1 aliphatic carbocycles. The minimum absolute atomic E-state index is 0.112. The van der Waals surface area contributed by atoms with Gasteiger partial charge < -0.3 is 20.9 Å². The predicted molar refractivity (Wildman–Crippen MR) is 155 cm³/mol. The number of rotatable bonds is 9. The number of amides is 1. The Labute approximate surface area is 226 Å². The second-order valence-corrected chi connectivity index (χ2v) is 11.2. The van der Waals surface area contributed by atoms with Gasteiger partial charge in [-0.2, -0.15) is 4.98 Å². The van der Waals surface area contributed by atoms with Gasteiger partial charge in [-0.05, 0) is 74.7 Å². The van der Waals surface area contributed by atoms with Crippen LogP contribution < -0.4 is 16.0 Å². The maximum atomic E-state index is 12.8. The number of benzene rings is 1. The molecule has 1 aliphatic rings. The summed E-state index contributed by atoms with van der Waals surface area (Å²) in [5.41, 5.74) is 4.87. The molecule has 3 N–H and O–H groups in total. The molecule has 1 unspecified atom stereocenters. The minimum Gasteiger partial charge on any atom is -0.348 e. The van der Waals surface area contributed by atoms with Crippen LogP contribution in [0.25, 0.3) is 0 Å². The van der Waals surface area contributed by atoms with E-state index >= 15 is 0 Å². The summed E-state index contributed by atoms with van der Waals surface area (Å²) in [4.78, 5) is 29.0. The van der Waals surface area contributed by atoms with Crippen molar-refractivity contribution < 1.29 is 4.79 Å². The number of carbonyl (C=O) groups excluding carboxylic acids is 1. The predicted octanol–water partition coefficient (Wildman–Crippen LogP) is 5.24. The molecule has 0 radical (unpaired) electrons. The summed E-state index contributed by atoms with van der Waals surface area (Å²) in [6.45, 7) is 11.5. The molecular weight excluding hydrogens is 474 g/mol. The summed E-state index contributed by atoms with van der Waals surface area (Å²) in [6, 6.07) is 12.3. The zero-order valence-corrected chi connectivity index (χ0v) is 23.1. The number of nitrogens with zero attached hydrogens (tertiary/aromatic N) is 4. The number of carbonyl (C=O) groups is 1. The number of fused-ring (bicyclic) bond motifs is 1. The van der Waals surface area contributed by atoms with Crippen LogP contribution in [0.15, 0.2) is 55.3 Å². The van der Waals surface area contributed by atoms with E-state index in [0.29, 0.717) is 35.6 Å². The summed E-state index contributed by atoms with van der Waals surface area (Å²) in [5, 5.41) is 9.38. The highest BCUT2D eigenvalue weighted by Crippen LogP contribution is 2.30. The summed E-state index contributed by atoms with van der Waals surface area (Å²) < 4.78 is 0. The lowest BCUT2D eigenvalue weighted by Crippen LogP contribution is -2.26. The van der Waals surface area contributed by atoms with E-state index in [1.165, 1.54) is 23.7 Å². The van der Waals surface area contributed by atoms with E-state index in [1.807, 2.05) is 18.2 Å². The van der Waals surface area contributed by atoms with E-state index in [4.69, 9.17) is 4.98 Å². The lowest BCUT2D eigenvalue weighted by Gasteiger charge is -2.27. The largest absolute Gasteiger partial charge is 0.348 e. The van der Waals surface area contributed by atoms with Crippen molar-refractivity contribution in [2.45, 2.75) is 45.4 Å². The molecule has 1 amide bonds. The van der Waals surface area contributed by atoms with Gasteiger partial charge in [0.05, 0.1) is 0 Å². The quantitative estimate of drug-likeness (QED) is 0.337. The lowest BCUT2D eigenvalue weighted by molar-refractivity contribution is 0.0958. The minimum atomic E-state index is -0.285. The highest BCUT2D eigenvalue weighted by Gasteiger charge is 2.21. The highest BCUT2D eigenvalue weighted by molar-refractivity contribution is 5.99. The Bertz CT molecular complexity index is 1300. The Morgan fingerprint density at radius 1 is 1.13 bits per heavy atom. The van der Waals surface area contributed by atoms with Gasteiger partial charge in [-0.3, -0.25) is 4.79 Å². The Hall–Kier alpha value is -3.78. The molecule has 0 saturated carbocycles. The fraction of sp³-hybridized carbons (Fsp3) is 0.400. The fourth-order valence-corrected chi connectivity index (χ4v) is 4.72. The van der Waals surface area contributed by atoms with Crippen LogP contribution in [0.3, 0.4) is 0 Å². The molecular formula is C30H39N7O. The van der Waals surface area contributed by atoms with Crippen molar-refractivity contribution in [3.05, 3.63) is 77.6 Å². The number of pyridine rings is 1. The number of aromatic nitrogens is 3. The molecule has 0 aliphatic heterocycles. The van der Waals surface area contributed by atoms with Crippen LogP contribution in [0.4, 0.5) is 23.3 Å². The van der Waals surface area contributed by atoms with E-state index in [-0.39, 0.29) is 11.3 Å². The van der Waals surface area contributed by atoms with Gasteiger partial charge in [0.1, 0.15) is 17.2 Å². The van der Waals surface area contributed by atoms with E-state index < -0.39 is 0 Å². The van der Waals surface area contributed by atoms with Crippen LogP contribution in [-0.4, -0.2) is 52.9 Å². The molecule has 8 heteroatoms. The van der Waals surface area contributed by atoms with Crippen LogP contribution in [0, 0.1) is 5.92 Å². The maximum Gasteiger partial charge on any atom is 0.256 e. The first-order valence-corrected chi connectivity index (χ1v) is 13.2. The molecule has 0 spiro atoms. The van der Waals surface area contributed by atoms with Crippen molar-refractivity contribution in [1.82, 2.24) is 25.2 Å². The van der Waals surface area contributed by atoms with Gasteiger partial charge in [0.25, 0.3) is 5.91 Å². The zero-order valence-electron chi connectivity index (χ0n) is 23.1. The van der Waals surface area contributed by atoms with Gasteiger partial charge in [-0.25, -0.2) is 9.97 Å². The Kier molecular flexibility index (Phi) is 8.42. The van der Waals surface area contributed by atoms with E-state index in [1.54, 1.807) is 6.08 Å². The molecule has 2 heterocycles. The molecule has 200 valence electrons. The first-order chi connectivity index (χ1) is 18.1. The second kappa shape index (κ2) is 11.7. The highest BCUT2D eigenvalue weighted by atomic mass is 16.1. The van der Waals surface area contributed by atoms with Crippen LogP contribution in [0.5, 0.6) is 0 Å². The molecule has 3 aromatic rings. The van der Waals surface area contributed by atoms with Gasteiger partial charge >= 0.3 is 0 Å². The zero-order chi connectivity index (χ0) is 27.3. The third-order valence-corrected chi connectivity index (χ3v) is 6.62. The van der Waals surface area contributed by atoms with Crippen LogP contribution in [0.1, 0.15) is 54.4 Å². The van der Waals surface area contributed by atoms with Gasteiger partial charge in [-0.1, -0.05) is 39.0 Å². The molecule has 1 atom stereocenters. The smallest absolute Gasteiger partial charge is 0.256 e. The molecule has 8 nitrogen and oxygen atoms in total. The summed E-state index contributed by atoms with van der Waals surface area (Å²) in [5.74, 6) is 1.81. The summed E-state index contributed by atoms with van der Waals surface area (Å²) in [6.07, 6.45) is 6.53. The number of anilines is 4. The third-order valence-electron chi connectivity index (χ3n) is 6.62.